The van der Waals surface area contributed by atoms with Crippen molar-refractivity contribution in [2.45, 2.75) is 45.3 Å². The molecule has 0 bridgehead atoms. The number of hydrogen-bond donors (Lipinski definition) is 2. The van der Waals surface area contributed by atoms with Crippen LogP contribution in [0.4, 0.5) is 0 Å². The Labute approximate surface area is 138 Å². The standard InChI is InChI=1S/C20H25NO2/c1-3-4-14-19(22)17-12-8-9-13-18(17)20(23)21-15(2)16-10-6-5-7-11-16/h5-13,15,19,22H,3-4,14H2,1-2H3,(H,21,23)/t15-,19+/m0/s1. The van der Waals surface area contributed by atoms with E-state index < -0.39 is 6.10 Å². The van der Waals surface area contributed by atoms with E-state index in [4.69, 9.17) is 0 Å². The smallest absolute Gasteiger partial charge is 0.252 e. The van der Waals surface area contributed by atoms with Crippen molar-refractivity contribution in [3.63, 3.8) is 0 Å². The molecule has 0 fully saturated rings. The highest BCUT2D eigenvalue weighted by Crippen LogP contribution is 2.23. The van der Waals surface area contributed by atoms with Crippen molar-refractivity contribution in [3.8, 4) is 0 Å². The molecule has 0 heterocycles. The second-order valence-corrected chi connectivity index (χ2v) is 5.85. The predicted molar refractivity (Wildman–Crippen MR) is 93.3 cm³/mol. The van der Waals surface area contributed by atoms with Crippen molar-refractivity contribution in [2.75, 3.05) is 0 Å². The summed E-state index contributed by atoms with van der Waals surface area (Å²) in [6.45, 7) is 4.05. The molecule has 0 saturated carbocycles. The molecule has 0 radical (unpaired) electrons. The van der Waals surface area contributed by atoms with Crippen LogP contribution in [0.1, 0.15) is 66.7 Å². The van der Waals surface area contributed by atoms with Crippen LogP contribution in [-0.4, -0.2) is 11.0 Å². The first-order valence-electron chi connectivity index (χ1n) is 8.26. The van der Waals surface area contributed by atoms with Gasteiger partial charge in [-0.25, -0.2) is 0 Å². The van der Waals surface area contributed by atoms with Crippen LogP contribution in [0.5, 0.6) is 0 Å². The molecule has 0 aliphatic carbocycles. The predicted octanol–water partition coefficient (Wildman–Crippen LogP) is 4.40. The normalized spacial score (nSPS) is 13.3. The van der Waals surface area contributed by atoms with Gasteiger partial charge in [0.2, 0.25) is 0 Å². The lowest BCUT2D eigenvalue weighted by Crippen LogP contribution is -2.28. The van der Waals surface area contributed by atoms with Crippen molar-refractivity contribution in [1.82, 2.24) is 5.32 Å². The Morgan fingerprint density at radius 3 is 2.43 bits per heavy atom. The number of aliphatic hydroxyl groups excluding tert-OH is 1. The molecule has 0 aliphatic rings. The molecule has 3 heteroatoms. The van der Waals surface area contributed by atoms with E-state index in [0.717, 1.165) is 18.4 Å². The number of carbonyl (C=O) groups is 1. The highest BCUT2D eigenvalue weighted by Gasteiger charge is 2.18. The minimum atomic E-state index is -0.594. The second kappa shape index (κ2) is 8.49. The molecule has 122 valence electrons. The van der Waals surface area contributed by atoms with E-state index in [2.05, 4.69) is 12.2 Å². The zero-order valence-electron chi connectivity index (χ0n) is 13.8. The minimum absolute atomic E-state index is 0.0791. The first-order valence-corrected chi connectivity index (χ1v) is 8.26. The van der Waals surface area contributed by atoms with E-state index in [9.17, 15) is 9.90 Å². The summed E-state index contributed by atoms with van der Waals surface area (Å²) in [6.07, 6.45) is 2.05. The zero-order valence-corrected chi connectivity index (χ0v) is 13.8. The number of rotatable bonds is 7. The number of aliphatic hydroxyl groups is 1. The molecule has 2 N–H and O–H groups in total. The SMILES string of the molecule is CCCC[C@@H](O)c1ccccc1C(=O)N[C@@H](C)c1ccccc1. The summed E-state index contributed by atoms with van der Waals surface area (Å²) in [6, 6.07) is 17.1. The van der Waals surface area contributed by atoms with Gasteiger partial charge in [-0.2, -0.15) is 0 Å². The van der Waals surface area contributed by atoms with E-state index in [1.807, 2.05) is 55.5 Å². The first kappa shape index (κ1) is 17.2. The van der Waals surface area contributed by atoms with Gasteiger partial charge in [-0.3, -0.25) is 4.79 Å². The maximum atomic E-state index is 12.6. The Bertz CT molecular complexity index is 625. The van der Waals surface area contributed by atoms with Gasteiger partial charge < -0.3 is 10.4 Å². The summed E-state index contributed by atoms with van der Waals surface area (Å²) in [5.74, 6) is -0.146. The molecular formula is C20H25NO2. The molecule has 23 heavy (non-hydrogen) atoms. The first-order chi connectivity index (χ1) is 11.1. The van der Waals surface area contributed by atoms with Crippen LogP contribution in [0.2, 0.25) is 0 Å². The number of hydrogen-bond acceptors (Lipinski definition) is 2. The van der Waals surface area contributed by atoms with Crippen LogP contribution < -0.4 is 5.32 Å². The summed E-state index contributed by atoms with van der Waals surface area (Å²) >= 11 is 0. The zero-order chi connectivity index (χ0) is 16.7. The monoisotopic (exact) mass is 311 g/mol. The van der Waals surface area contributed by atoms with Gasteiger partial charge in [0.25, 0.3) is 5.91 Å². The summed E-state index contributed by atoms with van der Waals surface area (Å²) < 4.78 is 0. The van der Waals surface area contributed by atoms with E-state index in [1.54, 1.807) is 6.07 Å². The Kier molecular flexibility index (Phi) is 6.36. The van der Waals surface area contributed by atoms with Crippen LogP contribution in [0.25, 0.3) is 0 Å². The summed E-state index contributed by atoms with van der Waals surface area (Å²) in [4.78, 5) is 12.6. The molecule has 0 aliphatic heterocycles. The molecule has 0 unspecified atom stereocenters. The highest BCUT2D eigenvalue weighted by atomic mass is 16.3. The number of carbonyl (C=O) groups excluding carboxylic acids is 1. The van der Waals surface area contributed by atoms with E-state index in [-0.39, 0.29) is 11.9 Å². The molecule has 2 aromatic carbocycles. The maximum absolute atomic E-state index is 12.6. The lowest BCUT2D eigenvalue weighted by molar-refractivity contribution is 0.0930. The van der Waals surface area contributed by atoms with Crippen LogP contribution in [0.15, 0.2) is 54.6 Å². The lowest BCUT2D eigenvalue weighted by Gasteiger charge is -2.18. The van der Waals surface area contributed by atoms with Gasteiger partial charge in [-0.05, 0) is 30.5 Å². The van der Waals surface area contributed by atoms with Crippen LogP contribution in [0.3, 0.4) is 0 Å². The number of nitrogens with one attached hydrogen (secondary N) is 1. The van der Waals surface area contributed by atoms with Gasteiger partial charge in [0.1, 0.15) is 0 Å². The third kappa shape index (κ3) is 4.67. The van der Waals surface area contributed by atoms with Crippen LogP contribution in [0, 0.1) is 0 Å². The Balaban J connectivity index is 2.13. The number of benzene rings is 2. The largest absolute Gasteiger partial charge is 0.388 e. The molecule has 3 nitrogen and oxygen atoms in total. The fourth-order valence-electron chi connectivity index (χ4n) is 2.65. The minimum Gasteiger partial charge on any atom is -0.388 e. The van der Waals surface area contributed by atoms with Crippen molar-refractivity contribution in [3.05, 3.63) is 71.3 Å². The summed E-state index contributed by atoms with van der Waals surface area (Å²) in [5.41, 5.74) is 2.32. The Morgan fingerprint density at radius 1 is 1.09 bits per heavy atom. The van der Waals surface area contributed by atoms with Gasteiger partial charge in [-0.15, -0.1) is 0 Å². The number of unbranched alkanes of at least 4 members (excludes halogenated alkanes) is 1. The Hall–Kier alpha value is -2.13. The van der Waals surface area contributed by atoms with Crippen LogP contribution in [-0.2, 0) is 0 Å². The van der Waals surface area contributed by atoms with E-state index in [0.29, 0.717) is 17.5 Å². The molecule has 0 spiro atoms. The second-order valence-electron chi connectivity index (χ2n) is 5.85. The quantitative estimate of drug-likeness (QED) is 0.796. The fraction of sp³-hybridized carbons (Fsp3) is 0.350. The number of amides is 1. The van der Waals surface area contributed by atoms with Crippen molar-refractivity contribution in [1.29, 1.82) is 0 Å². The van der Waals surface area contributed by atoms with E-state index in [1.165, 1.54) is 0 Å². The van der Waals surface area contributed by atoms with Crippen LogP contribution >= 0.6 is 0 Å². The van der Waals surface area contributed by atoms with Crippen molar-refractivity contribution >= 4 is 5.91 Å². The maximum Gasteiger partial charge on any atom is 0.252 e. The summed E-state index contributed by atoms with van der Waals surface area (Å²) in [7, 11) is 0. The molecule has 1 amide bonds. The molecule has 2 rings (SSSR count). The highest BCUT2D eigenvalue weighted by molar-refractivity contribution is 5.96. The van der Waals surface area contributed by atoms with Gasteiger partial charge in [0.15, 0.2) is 0 Å². The van der Waals surface area contributed by atoms with Crippen molar-refractivity contribution in [2.24, 2.45) is 0 Å². The summed E-state index contributed by atoms with van der Waals surface area (Å²) in [5, 5.41) is 13.4. The van der Waals surface area contributed by atoms with Gasteiger partial charge in [-0.1, -0.05) is 68.3 Å². The molecule has 2 atom stereocenters. The third-order valence-electron chi connectivity index (χ3n) is 4.04. The Morgan fingerprint density at radius 2 is 1.74 bits per heavy atom. The average Bonchev–Trinajstić information content (AvgIpc) is 2.60. The van der Waals surface area contributed by atoms with Gasteiger partial charge >= 0.3 is 0 Å². The lowest BCUT2D eigenvalue weighted by atomic mass is 9.97. The van der Waals surface area contributed by atoms with Gasteiger partial charge in [0, 0.05) is 5.56 Å². The molecular weight excluding hydrogens is 286 g/mol. The topological polar surface area (TPSA) is 49.3 Å². The van der Waals surface area contributed by atoms with E-state index >= 15 is 0 Å². The van der Waals surface area contributed by atoms with Crippen molar-refractivity contribution < 1.29 is 9.90 Å². The molecule has 0 saturated heterocycles. The average molecular weight is 311 g/mol. The fourth-order valence-corrected chi connectivity index (χ4v) is 2.65. The third-order valence-corrected chi connectivity index (χ3v) is 4.04. The van der Waals surface area contributed by atoms with Gasteiger partial charge in [0.05, 0.1) is 12.1 Å². The molecule has 0 aromatic heterocycles. The molecule has 2 aromatic rings.